The van der Waals surface area contributed by atoms with Gasteiger partial charge in [-0.15, -0.1) is 0 Å². The summed E-state index contributed by atoms with van der Waals surface area (Å²) in [6.45, 7) is 0. The van der Waals surface area contributed by atoms with Crippen molar-refractivity contribution in [1.29, 1.82) is 0 Å². The highest BCUT2D eigenvalue weighted by Gasteiger charge is 2.62. The Kier molecular flexibility index (Phi) is 3.13. The lowest BCUT2D eigenvalue weighted by molar-refractivity contribution is 0.128. The molecule has 0 aromatic heterocycles. The molecule has 136 valence electrons. The van der Waals surface area contributed by atoms with Crippen LogP contribution in [0, 0.1) is 0 Å². The first-order chi connectivity index (χ1) is 13.8. The molecule has 0 N–H and O–H groups in total. The third-order valence-corrected chi connectivity index (χ3v) is 6.23. The van der Waals surface area contributed by atoms with Crippen LogP contribution in [0.1, 0.15) is 28.3 Å². The highest BCUT2D eigenvalue weighted by molar-refractivity contribution is 5.95. The van der Waals surface area contributed by atoms with Gasteiger partial charge in [-0.3, -0.25) is 4.90 Å². The minimum Gasteiger partial charge on any atom is -0.443 e. The molecular formula is C25H19NO2. The molecule has 3 aromatic rings. The van der Waals surface area contributed by atoms with Gasteiger partial charge in [0.05, 0.1) is 6.04 Å². The quantitative estimate of drug-likeness (QED) is 0.646. The van der Waals surface area contributed by atoms with Crippen molar-refractivity contribution in [1.82, 2.24) is 4.90 Å². The first-order valence-electron chi connectivity index (χ1n) is 9.71. The molecule has 1 aliphatic heterocycles. The van der Waals surface area contributed by atoms with E-state index in [9.17, 15) is 4.79 Å². The van der Waals surface area contributed by atoms with Crippen LogP contribution in [-0.4, -0.2) is 17.1 Å². The van der Waals surface area contributed by atoms with Crippen LogP contribution in [0.15, 0.2) is 91.0 Å². The van der Waals surface area contributed by atoms with Crippen molar-refractivity contribution < 1.29 is 9.53 Å². The average molecular weight is 365 g/mol. The number of carbonyl (C=O) groups excluding carboxylic acids is 1. The van der Waals surface area contributed by atoms with E-state index in [4.69, 9.17) is 4.74 Å². The maximum Gasteiger partial charge on any atom is 0.412 e. The van der Waals surface area contributed by atoms with Gasteiger partial charge < -0.3 is 4.74 Å². The van der Waals surface area contributed by atoms with E-state index in [0.29, 0.717) is 0 Å². The Bertz CT molecular complexity index is 1110. The maximum atomic E-state index is 13.1. The molecule has 1 fully saturated rings. The zero-order valence-electron chi connectivity index (χ0n) is 15.3. The number of nitrogens with zero attached hydrogens (tertiary/aromatic N) is 1. The summed E-state index contributed by atoms with van der Waals surface area (Å²) in [6.07, 6.45) is 2.66. The summed E-state index contributed by atoms with van der Waals surface area (Å²) in [5, 5.41) is 0. The number of rotatable bonds is 3. The van der Waals surface area contributed by atoms with Gasteiger partial charge in [0.15, 0.2) is 0 Å². The molecule has 3 nitrogen and oxygen atoms in total. The zero-order valence-corrected chi connectivity index (χ0v) is 15.3. The number of amides is 1. The molecule has 6 rings (SSSR count). The van der Waals surface area contributed by atoms with Gasteiger partial charge in [-0.1, -0.05) is 84.9 Å². The first-order valence-corrected chi connectivity index (χ1v) is 9.71. The van der Waals surface area contributed by atoms with Gasteiger partial charge in [0.1, 0.15) is 11.6 Å². The second-order valence-corrected chi connectivity index (χ2v) is 7.70. The Labute approximate surface area is 163 Å². The Balaban J connectivity index is 1.51. The van der Waals surface area contributed by atoms with E-state index in [1.807, 2.05) is 41.3 Å². The van der Waals surface area contributed by atoms with Crippen molar-refractivity contribution in [3.8, 4) is 0 Å². The lowest BCUT2D eigenvalue weighted by atomic mass is 9.92. The van der Waals surface area contributed by atoms with Crippen LogP contribution in [0.2, 0.25) is 0 Å². The summed E-state index contributed by atoms with van der Waals surface area (Å²) >= 11 is 0. The summed E-state index contributed by atoms with van der Waals surface area (Å²) in [7, 11) is 0. The van der Waals surface area contributed by atoms with Crippen LogP contribution in [0.25, 0.3) is 5.57 Å². The van der Waals surface area contributed by atoms with E-state index >= 15 is 0 Å². The summed E-state index contributed by atoms with van der Waals surface area (Å²) in [5.41, 5.74) is 5.36. The van der Waals surface area contributed by atoms with Gasteiger partial charge in [0.25, 0.3) is 0 Å². The van der Waals surface area contributed by atoms with Gasteiger partial charge >= 0.3 is 6.09 Å². The molecule has 1 amide bonds. The fourth-order valence-electron chi connectivity index (χ4n) is 4.98. The number of hydrogen-bond acceptors (Lipinski definition) is 2. The smallest absolute Gasteiger partial charge is 0.412 e. The van der Waals surface area contributed by atoms with Crippen molar-refractivity contribution >= 4 is 11.7 Å². The SMILES string of the molecule is O=C1O[C@H]2Cc3ccccc3[C@H]2N1[C@@]1(c2ccccc2)C=C1c1ccccc1. The standard InChI is InChI=1S/C25H19NO2/c27-24-26(23-20-14-8-7-11-18(20)15-22(23)28-24)25(19-12-5-2-6-13-19)16-21(25)17-9-3-1-4-10-17/h1-14,16,22-23H,15H2/t22-,23+,25+/m0/s1. The third-order valence-electron chi connectivity index (χ3n) is 6.23. The van der Waals surface area contributed by atoms with E-state index in [2.05, 4.69) is 54.6 Å². The monoisotopic (exact) mass is 365 g/mol. The van der Waals surface area contributed by atoms with Crippen LogP contribution in [0.5, 0.6) is 0 Å². The van der Waals surface area contributed by atoms with Crippen molar-refractivity contribution in [2.24, 2.45) is 0 Å². The molecular weight excluding hydrogens is 346 g/mol. The summed E-state index contributed by atoms with van der Waals surface area (Å²) in [6, 6.07) is 29.0. The minimum absolute atomic E-state index is 0.0543. The summed E-state index contributed by atoms with van der Waals surface area (Å²) in [4.78, 5) is 15.1. The highest BCUT2D eigenvalue weighted by Crippen LogP contribution is 2.61. The lowest BCUT2D eigenvalue weighted by Crippen LogP contribution is -2.40. The molecule has 1 heterocycles. The van der Waals surface area contributed by atoms with Crippen molar-refractivity contribution in [2.45, 2.75) is 24.1 Å². The molecule has 3 aliphatic rings. The van der Waals surface area contributed by atoms with Gasteiger partial charge in [-0.2, -0.15) is 0 Å². The van der Waals surface area contributed by atoms with Crippen LogP contribution >= 0.6 is 0 Å². The van der Waals surface area contributed by atoms with Gasteiger partial charge in [-0.05, 0) is 33.9 Å². The minimum atomic E-state index is -0.545. The predicted molar refractivity (Wildman–Crippen MR) is 108 cm³/mol. The molecule has 3 aromatic carbocycles. The van der Waals surface area contributed by atoms with E-state index in [0.717, 1.165) is 17.5 Å². The Morgan fingerprint density at radius 1 is 0.857 bits per heavy atom. The fraction of sp³-hybridized carbons (Fsp3) is 0.160. The highest BCUT2D eigenvalue weighted by atomic mass is 16.6. The topological polar surface area (TPSA) is 29.5 Å². The van der Waals surface area contributed by atoms with Crippen molar-refractivity contribution in [3.05, 3.63) is 113 Å². The van der Waals surface area contributed by atoms with Crippen molar-refractivity contribution in [2.75, 3.05) is 0 Å². The molecule has 0 saturated carbocycles. The largest absolute Gasteiger partial charge is 0.443 e. The van der Waals surface area contributed by atoms with Gasteiger partial charge in [0, 0.05) is 6.42 Å². The Morgan fingerprint density at radius 3 is 2.32 bits per heavy atom. The van der Waals surface area contributed by atoms with Gasteiger partial charge in [0.2, 0.25) is 0 Å². The summed E-state index contributed by atoms with van der Waals surface area (Å²) in [5.74, 6) is 0. The molecule has 1 saturated heterocycles. The van der Waals surface area contributed by atoms with Crippen LogP contribution in [-0.2, 0) is 16.7 Å². The number of benzene rings is 3. The van der Waals surface area contributed by atoms with Crippen LogP contribution in [0.4, 0.5) is 4.79 Å². The Hall–Kier alpha value is -3.33. The molecule has 28 heavy (non-hydrogen) atoms. The average Bonchev–Trinajstić information content (AvgIpc) is 3.27. The van der Waals surface area contributed by atoms with Crippen LogP contribution in [0.3, 0.4) is 0 Å². The lowest BCUT2D eigenvalue weighted by Gasteiger charge is -2.33. The van der Waals surface area contributed by atoms with Gasteiger partial charge in [-0.25, -0.2) is 4.79 Å². The molecule has 0 unspecified atom stereocenters. The molecule has 0 radical (unpaired) electrons. The number of hydrogen-bond donors (Lipinski definition) is 0. The normalized spacial score (nSPS) is 27.1. The second kappa shape index (κ2) is 5.59. The third kappa shape index (κ3) is 2.02. The molecule has 0 bridgehead atoms. The predicted octanol–water partition coefficient (Wildman–Crippen LogP) is 5.10. The Morgan fingerprint density at radius 2 is 1.54 bits per heavy atom. The molecule has 3 heteroatoms. The van der Waals surface area contributed by atoms with E-state index in [1.54, 1.807) is 0 Å². The molecule has 2 aliphatic carbocycles. The number of carbonyl (C=O) groups is 1. The molecule has 0 spiro atoms. The molecule has 3 atom stereocenters. The second-order valence-electron chi connectivity index (χ2n) is 7.70. The van der Waals surface area contributed by atoms with Crippen LogP contribution < -0.4 is 0 Å². The number of ether oxygens (including phenoxy) is 1. The fourth-order valence-corrected chi connectivity index (χ4v) is 4.98. The maximum absolute atomic E-state index is 13.1. The van der Waals surface area contributed by atoms with E-state index < -0.39 is 5.54 Å². The summed E-state index contributed by atoms with van der Waals surface area (Å²) < 4.78 is 5.87. The number of fused-ring (bicyclic) bond motifs is 3. The zero-order chi connectivity index (χ0) is 18.7. The van der Waals surface area contributed by atoms with E-state index in [-0.39, 0.29) is 18.2 Å². The van der Waals surface area contributed by atoms with E-state index in [1.165, 1.54) is 16.7 Å². The van der Waals surface area contributed by atoms with Crippen molar-refractivity contribution in [3.63, 3.8) is 0 Å². The first kappa shape index (κ1) is 15.7.